The molecule has 0 spiro atoms. The van der Waals surface area contributed by atoms with Crippen LogP contribution in [0, 0.1) is 6.92 Å². The zero-order chi connectivity index (χ0) is 16.2. The predicted molar refractivity (Wildman–Crippen MR) is 92.5 cm³/mol. The zero-order valence-electron chi connectivity index (χ0n) is 12.3. The average molecular weight is 349 g/mol. The molecule has 2 N–H and O–H groups in total. The molecule has 2 heterocycles. The van der Waals surface area contributed by atoms with E-state index in [0.29, 0.717) is 34.1 Å². The molecular formula is C16H14Cl2N4O. The van der Waals surface area contributed by atoms with Gasteiger partial charge in [0.05, 0.1) is 22.9 Å². The molecule has 0 unspecified atom stereocenters. The van der Waals surface area contributed by atoms with E-state index in [2.05, 4.69) is 20.6 Å². The summed E-state index contributed by atoms with van der Waals surface area (Å²) in [5, 5.41) is 7.39. The summed E-state index contributed by atoms with van der Waals surface area (Å²) in [6.07, 6.45) is 1.64. The summed E-state index contributed by atoms with van der Waals surface area (Å²) in [5.74, 6) is 2.85. The van der Waals surface area contributed by atoms with Gasteiger partial charge < -0.3 is 15.1 Å². The number of furan rings is 1. The van der Waals surface area contributed by atoms with Crippen LogP contribution in [0.3, 0.4) is 0 Å². The Bertz CT molecular complexity index is 806. The van der Waals surface area contributed by atoms with Crippen molar-refractivity contribution in [2.45, 2.75) is 13.5 Å². The van der Waals surface area contributed by atoms with Gasteiger partial charge in [-0.1, -0.05) is 23.2 Å². The molecule has 3 aromatic rings. The van der Waals surface area contributed by atoms with Crippen molar-refractivity contribution in [2.75, 3.05) is 10.6 Å². The summed E-state index contributed by atoms with van der Waals surface area (Å²) in [4.78, 5) is 8.72. The minimum absolute atomic E-state index is 0.485. The first-order valence-corrected chi connectivity index (χ1v) is 7.70. The second kappa shape index (κ2) is 6.89. The number of nitrogens with one attached hydrogen (secondary N) is 2. The number of halogens is 2. The molecule has 0 aliphatic heterocycles. The van der Waals surface area contributed by atoms with Crippen molar-refractivity contribution in [3.8, 4) is 0 Å². The minimum Gasteiger partial charge on any atom is -0.467 e. The molecule has 5 nitrogen and oxygen atoms in total. The molecule has 0 aliphatic carbocycles. The van der Waals surface area contributed by atoms with Gasteiger partial charge in [-0.2, -0.15) is 0 Å². The maximum absolute atomic E-state index is 6.02. The van der Waals surface area contributed by atoms with E-state index in [4.69, 9.17) is 27.6 Å². The van der Waals surface area contributed by atoms with E-state index < -0.39 is 0 Å². The largest absolute Gasteiger partial charge is 0.467 e. The van der Waals surface area contributed by atoms with E-state index >= 15 is 0 Å². The van der Waals surface area contributed by atoms with Crippen molar-refractivity contribution in [3.05, 3.63) is 64.3 Å². The fraction of sp³-hybridized carbons (Fsp3) is 0.125. The van der Waals surface area contributed by atoms with Crippen LogP contribution in [-0.4, -0.2) is 9.97 Å². The van der Waals surface area contributed by atoms with Crippen molar-refractivity contribution in [1.82, 2.24) is 9.97 Å². The van der Waals surface area contributed by atoms with Gasteiger partial charge >= 0.3 is 0 Å². The molecule has 0 radical (unpaired) electrons. The summed E-state index contributed by atoms with van der Waals surface area (Å²) >= 11 is 11.9. The summed E-state index contributed by atoms with van der Waals surface area (Å²) < 4.78 is 5.29. The van der Waals surface area contributed by atoms with Gasteiger partial charge in [0.1, 0.15) is 23.2 Å². The smallest absolute Gasteiger partial charge is 0.136 e. The average Bonchev–Trinajstić information content (AvgIpc) is 3.02. The fourth-order valence-electron chi connectivity index (χ4n) is 2.03. The Kier molecular flexibility index (Phi) is 4.69. The first kappa shape index (κ1) is 15.6. The second-order valence-corrected chi connectivity index (χ2v) is 5.69. The normalized spacial score (nSPS) is 10.6. The molecular weight excluding hydrogens is 335 g/mol. The lowest BCUT2D eigenvalue weighted by Gasteiger charge is -2.10. The quantitative estimate of drug-likeness (QED) is 0.676. The van der Waals surface area contributed by atoms with Crippen molar-refractivity contribution in [3.63, 3.8) is 0 Å². The van der Waals surface area contributed by atoms with Gasteiger partial charge in [0.25, 0.3) is 0 Å². The first-order chi connectivity index (χ1) is 11.1. The Labute approximate surface area is 143 Å². The third-order valence-electron chi connectivity index (χ3n) is 3.05. The third-order valence-corrected chi connectivity index (χ3v) is 3.79. The highest BCUT2D eigenvalue weighted by Crippen LogP contribution is 2.27. The number of anilines is 3. The van der Waals surface area contributed by atoms with Crippen LogP contribution in [0.4, 0.5) is 17.3 Å². The molecule has 118 valence electrons. The van der Waals surface area contributed by atoms with Crippen LogP contribution in [0.2, 0.25) is 10.0 Å². The molecule has 1 aromatic carbocycles. The van der Waals surface area contributed by atoms with Crippen LogP contribution in [-0.2, 0) is 6.54 Å². The highest BCUT2D eigenvalue weighted by molar-refractivity contribution is 6.42. The monoisotopic (exact) mass is 348 g/mol. The van der Waals surface area contributed by atoms with Crippen molar-refractivity contribution < 1.29 is 4.42 Å². The van der Waals surface area contributed by atoms with E-state index in [1.165, 1.54) is 0 Å². The third kappa shape index (κ3) is 4.15. The summed E-state index contributed by atoms with van der Waals surface area (Å²) in [7, 11) is 0. The first-order valence-electron chi connectivity index (χ1n) is 6.94. The SMILES string of the molecule is Cc1nc(NCc2ccco2)cc(Nc2ccc(Cl)c(Cl)c2)n1. The van der Waals surface area contributed by atoms with Crippen molar-refractivity contribution in [1.29, 1.82) is 0 Å². The molecule has 0 saturated carbocycles. The maximum atomic E-state index is 6.02. The summed E-state index contributed by atoms with van der Waals surface area (Å²) in [6.45, 7) is 2.38. The lowest BCUT2D eigenvalue weighted by Crippen LogP contribution is -2.04. The zero-order valence-corrected chi connectivity index (χ0v) is 13.8. The van der Waals surface area contributed by atoms with Crippen molar-refractivity contribution >= 4 is 40.5 Å². The molecule has 0 aliphatic rings. The molecule has 0 fully saturated rings. The van der Waals surface area contributed by atoms with Crippen LogP contribution < -0.4 is 10.6 Å². The lowest BCUT2D eigenvalue weighted by atomic mass is 10.3. The fourth-order valence-corrected chi connectivity index (χ4v) is 2.33. The van der Waals surface area contributed by atoms with E-state index in [1.54, 1.807) is 18.4 Å². The second-order valence-electron chi connectivity index (χ2n) is 4.87. The number of rotatable bonds is 5. The van der Waals surface area contributed by atoms with Crippen LogP contribution in [0.15, 0.2) is 47.1 Å². The number of benzene rings is 1. The molecule has 0 atom stereocenters. The van der Waals surface area contributed by atoms with Gasteiger partial charge in [-0.05, 0) is 37.3 Å². The van der Waals surface area contributed by atoms with Crippen molar-refractivity contribution in [2.24, 2.45) is 0 Å². The molecule has 0 bridgehead atoms. The van der Waals surface area contributed by atoms with E-state index in [1.807, 2.05) is 31.2 Å². The molecule has 7 heteroatoms. The number of hydrogen-bond donors (Lipinski definition) is 2. The number of aromatic nitrogens is 2. The highest BCUT2D eigenvalue weighted by Gasteiger charge is 2.05. The Morgan fingerprint density at radius 2 is 1.87 bits per heavy atom. The summed E-state index contributed by atoms with van der Waals surface area (Å²) in [6, 6.07) is 10.9. The van der Waals surface area contributed by atoms with Gasteiger partial charge in [0.15, 0.2) is 0 Å². The lowest BCUT2D eigenvalue weighted by molar-refractivity contribution is 0.518. The van der Waals surface area contributed by atoms with Crippen LogP contribution in [0.1, 0.15) is 11.6 Å². The minimum atomic E-state index is 0.485. The molecule has 0 amide bonds. The van der Waals surface area contributed by atoms with Gasteiger partial charge in [-0.25, -0.2) is 9.97 Å². The number of aryl methyl sites for hydroxylation is 1. The van der Waals surface area contributed by atoms with Gasteiger partial charge in [0, 0.05) is 11.8 Å². The Morgan fingerprint density at radius 1 is 1.04 bits per heavy atom. The van der Waals surface area contributed by atoms with E-state index in [-0.39, 0.29) is 0 Å². The highest BCUT2D eigenvalue weighted by atomic mass is 35.5. The molecule has 0 saturated heterocycles. The van der Waals surface area contributed by atoms with Crippen LogP contribution >= 0.6 is 23.2 Å². The number of nitrogens with zero attached hydrogens (tertiary/aromatic N) is 2. The maximum Gasteiger partial charge on any atom is 0.136 e. The predicted octanol–water partition coefficient (Wildman–Crippen LogP) is 5.04. The van der Waals surface area contributed by atoms with Crippen LogP contribution in [0.25, 0.3) is 0 Å². The Balaban J connectivity index is 1.75. The van der Waals surface area contributed by atoms with E-state index in [0.717, 1.165) is 11.4 Å². The standard InChI is InChI=1S/C16H14Cl2N4O/c1-10-20-15(19-9-12-3-2-6-23-12)8-16(21-10)22-11-4-5-13(17)14(18)7-11/h2-8H,9H2,1H3,(H2,19,20,21,22). The molecule has 3 rings (SSSR count). The summed E-state index contributed by atoms with van der Waals surface area (Å²) in [5.41, 5.74) is 0.800. The Morgan fingerprint density at radius 3 is 2.61 bits per heavy atom. The number of hydrogen-bond acceptors (Lipinski definition) is 5. The van der Waals surface area contributed by atoms with Gasteiger partial charge in [-0.3, -0.25) is 0 Å². The molecule has 23 heavy (non-hydrogen) atoms. The van der Waals surface area contributed by atoms with Gasteiger partial charge in [-0.15, -0.1) is 0 Å². The molecule has 2 aromatic heterocycles. The topological polar surface area (TPSA) is 63.0 Å². The van der Waals surface area contributed by atoms with Gasteiger partial charge in [0.2, 0.25) is 0 Å². The van der Waals surface area contributed by atoms with Crippen LogP contribution in [0.5, 0.6) is 0 Å². The van der Waals surface area contributed by atoms with E-state index in [9.17, 15) is 0 Å². The Hall–Kier alpha value is -2.24.